The van der Waals surface area contributed by atoms with Crippen LogP contribution in [0.1, 0.15) is 10.6 Å². The van der Waals surface area contributed by atoms with Gasteiger partial charge in [0.1, 0.15) is 10.0 Å². The van der Waals surface area contributed by atoms with Crippen LogP contribution in [0, 0.1) is 6.92 Å². The molecule has 74 valence electrons. The first-order valence-corrected chi connectivity index (χ1v) is 6.07. The Hall–Kier alpha value is -0.780. The van der Waals surface area contributed by atoms with Crippen LogP contribution in [0.4, 0.5) is 0 Å². The summed E-state index contributed by atoms with van der Waals surface area (Å²) in [6.45, 7) is 2.89. The summed E-state index contributed by atoms with van der Waals surface area (Å²) in [5, 5.41) is 17.7. The van der Waals surface area contributed by atoms with Crippen molar-refractivity contribution in [1.29, 1.82) is 0 Å². The molecule has 0 radical (unpaired) electrons. The molecular weight excluding hydrogens is 214 g/mol. The highest BCUT2D eigenvalue weighted by Gasteiger charge is 2.08. The number of rotatable bonds is 3. The molecule has 0 aliphatic rings. The molecule has 2 aromatic rings. The van der Waals surface area contributed by atoms with Crippen molar-refractivity contribution in [3.8, 4) is 10.6 Å². The topological polar surface area (TPSA) is 37.8 Å². The van der Waals surface area contributed by atoms with Gasteiger partial charge >= 0.3 is 0 Å². The summed E-state index contributed by atoms with van der Waals surface area (Å²) >= 11 is 3.36. The Morgan fingerprint density at radius 3 is 2.86 bits per heavy atom. The van der Waals surface area contributed by atoms with Crippen LogP contribution < -0.4 is 5.32 Å². The molecule has 0 aliphatic carbocycles. The Bertz CT molecular complexity index is 419. The van der Waals surface area contributed by atoms with E-state index in [4.69, 9.17) is 0 Å². The molecule has 0 saturated heterocycles. The van der Waals surface area contributed by atoms with Crippen molar-refractivity contribution < 1.29 is 0 Å². The molecule has 0 saturated carbocycles. The van der Waals surface area contributed by atoms with Crippen molar-refractivity contribution in [2.45, 2.75) is 13.5 Å². The van der Waals surface area contributed by atoms with Crippen molar-refractivity contribution in [1.82, 2.24) is 15.5 Å². The summed E-state index contributed by atoms with van der Waals surface area (Å²) in [5.74, 6) is 0. The van der Waals surface area contributed by atoms with E-state index < -0.39 is 0 Å². The van der Waals surface area contributed by atoms with Crippen LogP contribution in [0.25, 0.3) is 10.6 Å². The molecule has 2 heterocycles. The van der Waals surface area contributed by atoms with Gasteiger partial charge in [0, 0.05) is 17.5 Å². The minimum atomic E-state index is 0.793. The third kappa shape index (κ3) is 1.84. The fourth-order valence-corrected chi connectivity index (χ4v) is 3.00. The lowest BCUT2D eigenvalue weighted by atomic mass is 10.2. The average Bonchev–Trinajstić information content (AvgIpc) is 2.74. The number of nitrogens with zero attached hydrogens (tertiary/aromatic N) is 2. The molecule has 2 rings (SSSR count). The molecular formula is C9H11N3S2. The summed E-state index contributed by atoms with van der Waals surface area (Å²) < 4.78 is 0. The predicted octanol–water partition coefficient (Wildman–Crippen LogP) is 2.29. The third-order valence-electron chi connectivity index (χ3n) is 1.88. The van der Waals surface area contributed by atoms with E-state index in [0.29, 0.717) is 0 Å². The standard InChI is InChI=1S/C9H11N3S2/c1-6-4-13-5-7(6)9-12-11-8(14-9)3-10-2/h4-5,10H,3H2,1-2H3. The lowest BCUT2D eigenvalue weighted by molar-refractivity contribution is 0.795. The SMILES string of the molecule is CNCc1nnc(-c2cscc2C)s1. The molecule has 5 heteroatoms. The van der Waals surface area contributed by atoms with Crippen LogP contribution >= 0.6 is 22.7 Å². The Morgan fingerprint density at radius 1 is 1.36 bits per heavy atom. The van der Waals surface area contributed by atoms with Crippen molar-refractivity contribution in [3.63, 3.8) is 0 Å². The van der Waals surface area contributed by atoms with E-state index in [-0.39, 0.29) is 0 Å². The fraction of sp³-hybridized carbons (Fsp3) is 0.333. The van der Waals surface area contributed by atoms with Crippen molar-refractivity contribution in [2.24, 2.45) is 0 Å². The van der Waals surface area contributed by atoms with Gasteiger partial charge in [-0.2, -0.15) is 11.3 Å². The fourth-order valence-electron chi connectivity index (χ4n) is 1.16. The molecule has 0 amide bonds. The van der Waals surface area contributed by atoms with E-state index in [1.165, 1.54) is 11.1 Å². The molecule has 14 heavy (non-hydrogen) atoms. The summed E-state index contributed by atoms with van der Waals surface area (Å²) in [7, 11) is 1.91. The maximum absolute atomic E-state index is 4.17. The van der Waals surface area contributed by atoms with E-state index in [9.17, 15) is 0 Å². The maximum Gasteiger partial charge on any atom is 0.148 e. The number of nitrogens with one attached hydrogen (secondary N) is 1. The maximum atomic E-state index is 4.17. The number of hydrogen-bond donors (Lipinski definition) is 1. The van der Waals surface area contributed by atoms with Crippen LogP contribution in [-0.4, -0.2) is 17.2 Å². The highest BCUT2D eigenvalue weighted by Crippen LogP contribution is 2.29. The van der Waals surface area contributed by atoms with E-state index in [0.717, 1.165) is 16.6 Å². The molecule has 0 fully saturated rings. The predicted molar refractivity (Wildman–Crippen MR) is 60.7 cm³/mol. The van der Waals surface area contributed by atoms with Crippen LogP contribution in [-0.2, 0) is 6.54 Å². The molecule has 2 aromatic heterocycles. The van der Waals surface area contributed by atoms with E-state index >= 15 is 0 Å². The zero-order chi connectivity index (χ0) is 9.97. The molecule has 0 aromatic carbocycles. The van der Waals surface area contributed by atoms with E-state index in [1.54, 1.807) is 22.7 Å². The lowest BCUT2D eigenvalue weighted by Gasteiger charge is -1.91. The molecule has 0 spiro atoms. The highest BCUT2D eigenvalue weighted by molar-refractivity contribution is 7.15. The molecule has 0 aliphatic heterocycles. The Balaban J connectivity index is 2.29. The molecule has 0 unspecified atom stereocenters. The van der Waals surface area contributed by atoms with Crippen LogP contribution in [0.5, 0.6) is 0 Å². The Kier molecular flexibility index (Phi) is 2.90. The first kappa shape index (κ1) is 9.76. The third-order valence-corrected chi connectivity index (χ3v) is 3.70. The van der Waals surface area contributed by atoms with Gasteiger partial charge in [-0.05, 0) is 24.9 Å². The molecule has 1 N–H and O–H groups in total. The van der Waals surface area contributed by atoms with Gasteiger partial charge in [-0.3, -0.25) is 0 Å². The molecule has 3 nitrogen and oxygen atoms in total. The second-order valence-electron chi connectivity index (χ2n) is 3.00. The summed E-state index contributed by atoms with van der Waals surface area (Å²) in [4.78, 5) is 0. The zero-order valence-corrected chi connectivity index (χ0v) is 9.71. The van der Waals surface area contributed by atoms with Gasteiger partial charge in [0.05, 0.1) is 0 Å². The second-order valence-corrected chi connectivity index (χ2v) is 4.81. The molecule has 0 atom stereocenters. The van der Waals surface area contributed by atoms with E-state index in [1.807, 2.05) is 7.05 Å². The Morgan fingerprint density at radius 2 is 2.21 bits per heavy atom. The smallest absolute Gasteiger partial charge is 0.148 e. The van der Waals surface area contributed by atoms with Crippen molar-refractivity contribution in [3.05, 3.63) is 21.3 Å². The second kappa shape index (κ2) is 4.16. The van der Waals surface area contributed by atoms with Crippen molar-refractivity contribution >= 4 is 22.7 Å². The van der Waals surface area contributed by atoms with Crippen molar-refractivity contribution in [2.75, 3.05) is 7.05 Å². The normalized spacial score (nSPS) is 10.7. The van der Waals surface area contributed by atoms with Gasteiger partial charge in [-0.25, -0.2) is 0 Å². The summed E-state index contributed by atoms with van der Waals surface area (Å²) in [6.07, 6.45) is 0. The Labute approximate surface area is 90.8 Å². The summed E-state index contributed by atoms with van der Waals surface area (Å²) in [6, 6.07) is 0. The molecule has 0 bridgehead atoms. The first-order chi connectivity index (χ1) is 6.81. The number of thiophene rings is 1. The number of hydrogen-bond acceptors (Lipinski definition) is 5. The number of aryl methyl sites for hydroxylation is 1. The van der Waals surface area contributed by atoms with Crippen LogP contribution in [0.2, 0.25) is 0 Å². The highest BCUT2D eigenvalue weighted by atomic mass is 32.1. The average molecular weight is 225 g/mol. The minimum absolute atomic E-state index is 0.793. The van der Waals surface area contributed by atoms with Crippen LogP contribution in [0.15, 0.2) is 10.8 Å². The van der Waals surface area contributed by atoms with Crippen LogP contribution in [0.3, 0.4) is 0 Å². The number of aromatic nitrogens is 2. The first-order valence-electron chi connectivity index (χ1n) is 4.31. The van der Waals surface area contributed by atoms with Gasteiger partial charge in [-0.15, -0.1) is 10.2 Å². The lowest BCUT2D eigenvalue weighted by Crippen LogP contribution is -2.04. The van der Waals surface area contributed by atoms with Gasteiger partial charge in [-0.1, -0.05) is 11.3 Å². The van der Waals surface area contributed by atoms with E-state index in [2.05, 4.69) is 33.2 Å². The van der Waals surface area contributed by atoms with Gasteiger partial charge in [0.15, 0.2) is 0 Å². The largest absolute Gasteiger partial charge is 0.313 e. The van der Waals surface area contributed by atoms with Gasteiger partial charge < -0.3 is 5.32 Å². The zero-order valence-electron chi connectivity index (χ0n) is 8.07. The monoisotopic (exact) mass is 225 g/mol. The van der Waals surface area contributed by atoms with Gasteiger partial charge in [0.2, 0.25) is 0 Å². The van der Waals surface area contributed by atoms with Gasteiger partial charge in [0.25, 0.3) is 0 Å². The minimum Gasteiger partial charge on any atom is -0.313 e. The summed E-state index contributed by atoms with van der Waals surface area (Å²) in [5.41, 5.74) is 2.50. The quantitative estimate of drug-likeness (QED) is 0.871.